The summed E-state index contributed by atoms with van der Waals surface area (Å²) in [7, 11) is 1.92. The number of benzene rings is 1. The highest BCUT2D eigenvalue weighted by molar-refractivity contribution is 6.33. The molecule has 2 atom stereocenters. The van der Waals surface area contributed by atoms with Gasteiger partial charge < -0.3 is 30.3 Å². The summed E-state index contributed by atoms with van der Waals surface area (Å²) in [5.41, 5.74) is 3.26. The second kappa shape index (κ2) is 13.0. The predicted octanol–water partition coefficient (Wildman–Crippen LogP) is 3.43. The van der Waals surface area contributed by atoms with E-state index in [2.05, 4.69) is 25.6 Å². The van der Waals surface area contributed by atoms with E-state index in [1.807, 2.05) is 37.1 Å². The molecule has 42 heavy (non-hydrogen) atoms. The fraction of sp³-hybridized carbons (Fsp3) is 0.433. The molecule has 3 aromatic rings. The number of pyridine rings is 1. The summed E-state index contributed by atoms with van der Waals surface area (Å²) in [6.07, 6.45) is 4.95. The summed E-state index contributed by atoms with van der Waals surface area (Å²) in [4.78, 5) is 43.6. The first-order chi connectivity index (χ1) is 20.3. The van der Waals surface area contributed by atoms with Crippen LogP contribution in [0, 0.1) is 0 Å². The van der Waals surface area contributed by atoms with Crippen LogP contribution < -0.4 is 15.5 Å². The van der Waals surface area contributed by atoms with Crippen LogP contribution in [-0.2, 0) is 16.1 Å². The van der Waals surface area contributed by atoms with E-state index in [4.69, 9.17) is 16.3 Å². The van der Waals surface area contributed by atoms with Gasteiger partial charge in [-0.3, -0.25) is 9.59 Å². The molecule has 0 radical (unpaired) electrons. The monoisotopic (exact) mass is 593 g/mol. The van der Waals surface area contributed by atoms with Gasteiger partial charge in [-0.1, -0.05) is 23.7 Å². The van der Waals surface area contributed by atoms with E-state index < -0.39 is 12.1 Å². The number of nitrogens with zero attached hydrogens (tertiary/aromatic N) is 5. The molecule has 0 bridgehead atoms. The Labute approximate surface area is 250 Å². The Balaban J connectivity index is 1.29. The van der Waals surface area contributed by atoms with Crippen LogP contribution in [0.4, 0.5) is 11.8 Å². The highest BCUT2D eigenvalue weighted by Crippen LogP contribution is 2.32. The van der Waals surface area contributed by atoms with E-state index in [0.29, 0.717) is 47.6 Å². The molecule has 3 N–H and O–H groups in total. The summed E-state index contributed by atoms with van der Waals surface area (Å²) in [5.74, 6) is 0.602. The smallest absolute Gasteiger partial charge is 0.255 e. The first-order valence-corrected chi connectivity index (χ1v) is 14.6. The van der Waals surface area contributed by atoms with Crippen molar-refractivity contribution in [3.8, 4) is 11.3 Å². The minimum Gasteiger partial charge on any atom is -0.394 e. The Kier molecular flexibility index (Phi) is 9.20. The minimum atomic E-state index is -0.764. The van der Waals surface area contributed by atoms with E-state index in [-0.39, 0.29) is 24.5 Å². The molecule has 2 unspecified atom stereocenters. The van der Waals surface area contributed by atoms with Crippen molar-refractivity contribution in [2.24, 2.45) is 0 Å². The van der Waals surface area contributed by atoms with Crippen LogP contribution in [0.5, 0.6) is 0 Å². The lowest BCUT2D eigenvalue weighted by molar-refractivity contribution is -0.126. The van der Waals surface area contributed by atoms with Gasteiger partial charge in [0.1, 0.15) is 11.9 Å². The maximum atomic E-state index is 13.5. The van der Waals surface area contributed by atoms with E-state index in [1.54, 1.807) is 31.5 Å². The molecule has 0 spiro atoms. The fourth-order valence-electron chi connectivity index (χ4n) is 5.14. The van der Waals surface area contributed by atoms with Crippen molar-refractivity contribution >= 4 is 35.2 Å². The van der Waals surface area contributed by atoms with Gasteiger partial charge in [0, 0.05) is 56.7 Å². The summed E-state index contributed by atoms with van der Waals surface area (Å²) < 4.78 is 5.43. The van der Waals surface area contributed by atoms with Gasteiger partial charge in [0.05, 0.1) is 29.6 Å². The number of aromatic nitrogens is 3. The highest BCUT2D eigenvalue weighted by Gasteiger charge is 2.35. The average molecular weight is 594 g/mol. The molecule has 2 aliphatic rings. The maximum absolute atomic E-state index is 13.5. The predicted molar refractivity (Wildman–Crippen MR) is 160 cm³/mol. The van der Waals surface area contributed by atoms with Crippen molar-refractivity contribution in [3.05, 3.63) is 64.4 Å². The number of hydrogen-bond donors (Lipinski definition) is 3. The van der Waals surface area contributed by atoms with Crippen molar-refractivity contribution < 1.29 is 19.4 Å². The summed E-state index contributed by atoms with van der Waals surface area (Å²) in [6.45, 7) is 5.86. The third-order valence-corrected chi connectivity index (χ3v) is 8.17. The molecule has 2 aliphatic heterocycles. The number of fused-ring (bicyclic) bond motifs is 1. The summed E-state index contributed by atoms with van der Waals surface area (Å²) >= 11 is 6.48. The van der Waals surface area contributed by atoms with Crippen molar-refractivity contribution in [1.82, 2.24) is 25.2 Å². The van der Waals surface area contributed by atoms with E-state index in [9.17, 15) is 14.7 Å². The molecule has 2 aromatic heterocycles. The van der Waals surface area contributed by atoms with Crippen LogP contribution in [0.2, 0.25) is 5.02 Å². The number of ether oxygens (including phenoxy) is 1. The number of anilines is 2. The number of halogens is 1. The van der Waals surface area contributed by atoms with E-state index >= 15 is 0 Å². The topological polar surface area (TPSA) is 133 Å². The van der Waals surface area contributed by atoms with Crippen LogP contribution in [0.3, 0.4) is 0 Å². The van der Waals surface area contributed by atoms with Gasteiger partial charge in [-0.15, -0.1) is 0 Å². The Morgan fingerprint density at radius 3 is 2.76 bits per heavy atom. The minimum absolute atomic E-state index is 0.222. The lowest BCUT2D eigenvalue weighted by Crippen LogP contribution is -2.46. The molecule has 1 fully saturated rings. The molecule has 4 heterocycles. The third kappa shape index (κ3) is 6.33. The van der Waals surface area contributed by atoms with Crippen LogP contribution in [0.25, 0.3) is 11.3 Å². The molecule has 1 aromatic carbocycles. The lowest BCUT2D eigenvalue weighted by atomic mass is 10.0. The first kappa shape index (κ1) is 29.7. The standard InChI is InChI=1S/C30H36ClN7O4/c1-4-37(3)26-14-19(7-10-32-26)25(17-39)35-28(40)18(2)38-16-21-6-5-20(13-23(21)29(38)41)27-24(31)15-33-30(36-27)34-22-8-11-42-12-9-22/h5-7,10,13-15,18,22,25,39H,4,8-9,11-12,16-17H2,1-3H3,(H,35,40)(H,33,34,36). The largest absolute Gasteiger partial charge is 0.394 e. The van der Waals surface area contributed by atoms with Gasteiger partial charge in [-0.05, 0) is 56.0 Å². The number of aliphatic hydroxyl groups is 1. The molecular formula is C30H36ClN7O4. The van der Waals surface area contributed by atoms with Crippen LogP contribution in [-0.4, -0.2) is 82.3 Å². The number of nitrogens with one attached hydrogen (secondary N) is 2. The van der Waals surface area contributed by atoms with Gasteiger partial charge in [0.15, 0.2) is 0 Å². The zero-order chi connectivity index (χ0) is 29.8. The van der Waals surface area contributed by atoms with Gasteiger partial charge in [0.25, 0.3) is 5.91 Å². The van der Waals surface area contributed by atoms with Crippen molar-refractivity contribution in [1.29, 1.82) is 0 Å². The molecule has 12 heteroatoms. The molecule has 1 saturated heterocycles. The first-order valence-electron chi connectivity index (χ1n) is 14.2. The third-order valence-electron chi connectivity index (χ3n) is 7.90. The number of amides is 2. The fourth-order valence-corrected chi connectivity index (χ4v) is 5.34. The number of aliphatic hydroxyl groups excluding tert-OH is 1. The van der Waals surface area contributed by atoms with Gasteiger partial charge in [0.2, 0.25) is 11.9 Å². The second-order valence-corrected chi connectivity index (χ2v) is 11.0. The molecule has 222 valence electrons. The number of carbonyl (C=O) groups is 2. The van der Waals surface area contributed by atoms with Crippen molar-refractivity contribution in [2.45, 2.75) is 51.4 Å². The Hall–Kier alpha value is -3.80. The maximum Gasteiger partial charge on any atom is 0.255 e. The van der Waals surface area contributed by atoms with Crippen LogP contribution in [0.1, 0.15) is 54.2 Å². The molecule has 0 aliphatic carbocycles. The molecule has 0 saturated carbocycles. The number of hydrogen-bond acceptors (Lipinski definition) is 9. The van der Waals surface area contributed by atoms with Crippen molar-refractivity contribution in [2.75, 3.05) is 43.6 Å². The number of carbonyl (C=O) groups excluding carboxylic acids is 2. The van der Waals surface area contributed by atoms with Crippen molar-refractivity contribution in [3.63, 3.8) is 0 Å². The molecular weight excluding hydrogens is 558 g/mol. The van der Waals surface area contributed by atoms with Crippen LogP contribution in [0.15, 0.2) is 42.7 Å². The molecule has 11 nitrogen and oxygen atoms in total. The van der Waals surface area contributed by atoms with E-state index in [0.717, 1.165) is 36.3 Å². The SMILES string of the molecule is CCN(C)c1cc(C(CO)NC(=O)C(C)N2Cc3ccc(-c4nc(NC5CCOCC5)ncc4Cl)cc3C2=O)ccn1. The Morgan fingerprint density at radius 2 is 2.02 bits per heavy atom. The summed E-state index contributed by atoms with van der Waals surface area (Å²) in [6, 6.07) is 7.95. The normalized spacial score (nSPS) is 16.6. The van der Waals surface area contributed by atoms with Gasteiger partial charge in [-0.25, -0.2) is 15.0 Å². The van der Waals surface area contributed by atoms with E-state index in [1.165, 1.54) is 4.90 Å². The zero-order valence-corrected chi connectivity index (χ0v) is 24.8. The van der Waals surface area contributed by atoms with Gasteiger partial charge in [-0.2, -0.15) is 0 Å². The quantitative estimate of drug-likeness (QED) is 0.323. The molecule has 2 amide bonds. The summed E-state index contributed by atoms with van der Waals surface area (Å²) in [5, 5.41) is 16.7. The molecule has 5 rings (SSSR count). The van der Waals surface area contributed by atoms with Crippen LogP contribution >= 0.6 is 11.6 Å². The highest BCUT2D eigenvalue weighted by atomic mass is 35.5. The second-order valence-electron chi connectivity index (χ2n) is 10.6. The lowest BCUT2D eigenvalue weighted by Gasteiger charge is -2.26. The van der Waals surface area contributed by atoms with Gasteiger partial charge >= 0.3 is 0 Å². The average Bonchev–Trinajstić information content (AvgIpc) is 3.35. The Bertz CT molecular complexity index is 1450. The Morgan fingerprint density at radius 1 is 1.24 bits per heavy atom. The number of rotatable bonds is 10. The zero-order valence-electron chi connectivity index (χ0n) is 24.0.